The van der Waals surface area contributed by atoms with Gasteiger partial charge in [-0.25, -0.2) is 9.89 Å². The average Bonchev–Trinajstić information content (AvgIpc) is 2.69. The van der Waals surface area contributed by atoms with E-state index in [1.807, 2.05) is 13.8 Å². The van der Waals surface area contributed by atoms with Crippen LogP contribution in [0.15, 0.2) is 9.95 Å². The average molecular weight is 258 g/mol. The zero-order valence-corrected chi connectivity index (χ0v) is 10.9. The van der Waals surface area contributed by atoms with E-state index in [1.165, 1.54) is 0 Å². The van der Waals surface area contributed by atoms with Crippen LogP contribution in [0.4, 0.5) is 0 Å². The van der Waals surface area contributed by atoms with Gasteiger partial charge < -0.3 is 10.1 Å². The summed E-state index contributed by atoms with van der Waals surface area (Å²) in [6, 6.07) is 0.120. The molecule has 0 amide bonds. The normalized spacial score (nSPS) is 21.0. The van der Waals surface area contributed by atoms with Gasteiger partial charge in [-0.05, 0) is 13.8 Å². The third-order valence-corrected chi connectivity index (χ3v) is 3.68. The maximum atomic E-state index is 11.5. The number of thioether (sulfide) groups is 1. The quantitative estimate of drug-likeness (QED) is 0.757. The first-order valence-electron chi connectivity index (χ1n) is 5.80. The van der Waals surface area contributed by atoms with Crippen molar-refractivity contribution in [2.45, 2.75) is 31.1 Å². The highest BCUT2D eigenvalue weighted by molar-refractivity contribution is 7.99. The van der Waals surface area contributed by atoms with Gasteiger partial charge in [0.1, 0.15) is 0 Å². The van der Waals surface area contributed by atoms with E-state index < -0.39 is 0 Å². The second-order valence-electron chi connectivity index (χ2n) is 4.28. The number of hydrogen-bond acceptors (Lipinski definition) is 5. The van der Waals surface area contributed by atoms with Gasteiger partial charge in [0.15, 0.2) is 5.16 Å². The Morgan fingerprint density at radius 2 is 2.47 bits per heavy atom. The highest BCUT2D eigenvalue weighted by atomic mass is 32.2. The van der Waals surface area contributed by atoms with E-state index in [2.05, 4.69) is 15.5 Å². The first-order valence-corrected chi connectivity index (χ1v) is 6.79. The van der Waals surface area contributed by atoms with Gasteiger partial charge in [0, 0.05) is 24.9 Å². The number of aromatic nitrogens is 3. The van der Waals surface area contributed by atoms with Gasteiger partial charge >= 0.3 is 5.69 Å². The molecule has 1 saturated heterocycles. The number of ether oxygens (including phenoxy) is 1. The van der Waals surface area contributed by atoms with Gasteiger partial charge in [-0.1, -0.05) is 11.8 Å². The van der Waals surface area contributed by atoms with Crippen molar-refractivity contribution in [1.82, 2.24) is 20.1 Å². The summed E-state index contributed by atoms with van der Waals surface area (Å²) in [5.74, 6) is 0.810. The minimum absolute atomic E-state index is 0.120. The lowest BCUT2D eigenvalue weighted by Gasteiger charge is -2.23. The van der Waals surface area contributed by atoms with Crippen molar-refractivity contribution < 1.29 is 4.74 Å². The SMILES string of the molecule is CC(C)n1c(SCC2CNCCO2)n[nH]c1=O. The molecule has 1 aliphatic rings. The zero-order valence-electron chi connectivity index (χ0n) is 10.1. The molecule has 1 unspecified atom stereocenters. The molecule has 7 heteroatoms. The fourth-order valence-corrected chi connectivity index (χ4v) is 2.83. The van der Waals surface area contributed by atoms with Crippen molar-refractivity contribution in [2.75, 3.05) is 25.4 Å². The molecule has 17 heavy (non-hydrogen) atoms. The van der Waals surface area contributed by atoms with E-state index in [4.69, 9.17) is 4.74 Å². The number of rotatable bonds is 4. The van der Waals surface area contributed by atoms with Crippen LogP contribution >= 0.6 is 11.8 Å². The lowest BCUT2D eigenvalue weighted by Crippen LogP contribution is -2.39. The van der Waals surface area contributed by atoms with Gasteiger partial charge in [-0.3, -0.25) is 4.57 Å². The summed E-state index contributed by atoms with van der Waals surface area (Å²) in [4.78, 5) is 11.5. The largest absolute Gasteiger partial charge is 0.375 e. The van der Waals surface area contributed by atoms with Gasteiger partial charge in [-0.15, -0.1) is 5.10 Å². The Labute approximate surface area is 104 Å². The van der Waals surface area contributed by atoms with Crippen molar-refractivity contribution in [3.05, 3.63) is 10.5 Å². The van der Waals surface area contributed by atoms with E-state index in [9.17, 15) is 4.79 Å². The minimum Gasteiger partial charge on any atom is -0.375 e. The molecule has 1 fully saturated rings. The van der Waals surface area contributed by atoms with E-state index in [0.29, 0.717) is 0 Å². The second-order valence-corrected chi connectivity index (χ2v) is 5.27. The standard InChI is InChI=1S/C10H18N4O2S/c1-7(2)14-9(15)12-13-10(14)17-6-8-5-11-3-4-16-8/h7-8,11H,3-6H2,1-2H3,(H,12,15). The summed E-state index contributed by atoms with van der Waals surface area (Å²) in [5.41, 5.74) is -0.148. The Hall–Kier alpha value is -0.790. The van der Waals surface area contributed by atoms with Crippen molar-refractivity contribution in [2.24, 2.45) is 0 Å². The molecule has 0 aliphatic carbocycles. The van der Waals surface area contributed by atoms with Crippen LogP contribution in [0.2, 0.25) is 0 Å². The molecule has 0 bridgehead atoms. The maximum Gasteiger partial charge on any atom is 0.344 e. The predicted octanol–water partition coefficient (Wildman–Crippen LogP) is 0.233. The van der Waals surface area contributed by atoms with Gasteiger partial charge in [0.25, 0.3) is 0 Å². The highest BCUT2D eigenvalue weighted by Crippen LogP contribution is 2.18. The Morgan fingerprint density at radius 3 is 3.12 bits per heavy atom. The summed E-state index contributed by atoms with van der Waals surface area (Å²) >= 11 is 1.56. The fourth-order valence-electron chi connectivity index (χ4n) is 1.74. The van der Waals surface area contributed by atoms with Crippen LogP contribution in [0.3, 0.4) is 0 Å². The Balaban J connectivity index is 1.96. The van der Waals surface area contributed by atoms with E-state index in [1.54, 1.807) is 16.3 Å². The number of nitrogens with one attached hydrogen (secondary N) is 2. The van der Waals surface area contributed by atoms with Crippen LogP contribution in [-0.2, 0) is 4.74 Å². The van der Waals surface area contributed by atoms with Crippen LogP contribution in [0.1, 0.15) is 19.9 Å². The van der Waals surface area contributed by atoms with Crippen LogP contribution in [0.25, 0.3) is 0 Å². The van der Waals surface area contributed by atoms with Gasteiger partial charge in [0.2, 0.25) is 0 Å². The summed E-state index contributed by atoms with van der Waals surface area (Å²) in [6.45, 7) is 6.48. The molecule has 96 valence electrons. The fraction of sp³-hybridized carbons (Fsp3) is 0.800. The molecule has 1 aromatic heterocycles. The maximum absolute atomic E-state index is 11.5. The Morgan fingerprint density at radius 1 is 1.65 bits per heavy atom. The number of hydrogen-bond donors (Lipinski definition) is 2. The van der Waals surface area contributed by atoms with Crippen LogP contribution in [0, 0.1) is 0 Å². The molecule has 0 saturated carbocycles. The lowest BCUT2D eigenvalue weighted by atomic mass is 10.3. The third-order valence-electron chi connectivity index (χ3n) is 2.59. The summed E-state index contributed by atoms with van der Waals surface area (Å²) in [5, 5.41) is 10.5. The molecule has 0 aromatic carbocycles. The molecule has 2 heterocycles. The first kappa shape index (κ1) is 12.7. The van der Waals surface area contributed by atoms with E-state index >= 15 is 0 Å². The smallest absolute Gasteiger partial charge is 0.344 e. The first-order chi connectivity index (χ1) is 8.18. The highest BCUT2D eigenvalue weighted by Gasteiger charge is 2.17. The topological polar surface area (TPSA) is 71.9 Å². The molecule has 0 radical (unpaired) electrons. The molecule has 0 spiro atoms. The van der Waals surface area contributed by atoms with Crippen molar-refractivity contribution in [1.29, 1.82) is 0 Å². The molecule has 2 rings (SSSR count). The van der Waals surface area contributed by atoms with Crippen LogP contribution < -0.4 is 11.0 Å². The summed E-state index contributed by atoms with van der Waals surface area (Å²) in [6.07, 6.45) is 0.196. The lowest BCUT2D eigenvalue weighted by molar-refractivity contribution is 0.0440. The minimum atomic E-state index is -0.148. The number of H-pyrrole nitrogens is 1. The van der Waals surface area contributed by atoms with E-state index in [0.717, 1.165) is 30.6 Å². The summed E-state index contributed by atoms with van der Waals surface area (Å²) in [7, 11) is 0. The molecular weight excluding hydrogens is 240 g/mol. The van der Waals surface area contributed by atoms with E-state index in [-0.39, 0.29) is 17.8 Å². The summed E-state index contributed by atoms with van der Waals surface area (Å²) < 4.78 is 7.27. The Kier molecular flexibility index (Phi) is 4.25. The number of aromatic amines is 1. The molecule has 6 nitrogen and oxygen atoms in total. The molecule has 2 N–H and O–H groups in total. The zero-order chi connectivity index (χ0) is 12.3. The molecule has 1 atom stereocenters. The van der Waals surface area contributed by atoms with Gasteiger partial charge in [0.05, 0.1) is 12.7 Å². The van der Waals surface area contributed by atoms with Crippen molar-refractivity contribution in [3.8, 4) is 0 Å². The molecule has 1 aromatic rings. The predicted molar refractivity (Wildman–Crippen MR) is 66.6 cm³/mol. The number of morpholine rings is 1. The molecular formula is C10H18N4O2S. The van der Waals surface area contributed by atoms with Crippen LogP contribution in [0.5, 0.6) is 0 Å². The third kappa shape index (κ3) is 3.11. The molecule has 1 aliphatic heterocycles. The second kappa shape index (κ2) is 5.70. The van der Waals surface area contributed by atoms with Crippen LogP contribution in [-0.4, -0.2) is 46.3 Å². The number of nitrogens with zero attached hydrogens (tertiary/aromatic N) is 2. The Bertz CT molecular complexity index is 409. The monoisotopic (exact) mass is 258 g/mol. The van der Waals surface area contributed by atoms with Crippen molar-refractivity contribution >= 4 is 11.8 Å². The van der Waals surface area contributed by atoms with Crippen molar-refractivity contribution in [3.63, 3.8) is 0 Å². The van der Waals surface area contributed by atoms with Gasteiger partial charge in [-0.2, -0.15) is 0 Å².